The Morgan fingerprint density at radius 3 is 2.42 bits per heavy atom. The number of urea groups is 1. The van der Waals surface area contributed by atoms with Crippen molar-refractivity contribution in [3.8, 4) is 0 Å². The lowest BCUT2D eigenvalue weighted by atomic mass is 10.2. The molecule has 0 saturated heterocycles. The number of nitrogens with one attached hydrogen (secondary N) is 2. The highest BCUT2D eigenvalue weighted by Gasteiger charge is 2.18. The van der Waals surface area contributed by atoms with E-state index in [0.29, 0.717) is 0 Å². The minimum Gasteiger partial charge on any atom is -0.481 e. The molecule has 110 valence electrons. The fourth-order valence-electron chi connectivity index (χ4n) is 1.21. The quantitative estimate of drug-likeness (QED) is 0.526. The lowest BCUT2D eigenvalue weighted by Gasteiger charge is -2.16. The van der Waals surface area contributed by atoms with Crippen molar-refractivity contribution in [2.75, 3.05) is 20.3 Å². The molecule has 0 bridgehead atoms. The number of rotatable bonds is 8. The number of hydrogen-bond donors (Lipinski definition) is 3. The number of aliphatic carboxylic acids is 1. The Morgan fingerprint density at radius 2 is 1.95 bits per heavy atom. The van der Waals surface area contributed by atoms with Crippen molar-refractivity contribution < 1.29 is 29.0 Å². The zero-order valence-electron chi connectivity index (χ0n) is 11.3. The number of methoxy groups -OCH3 is 1. The first kappa shape index (κ1) is 17.2. The van der Waals surface area contributed by atoms with Crippen LogP contribution in [0, 0.1) is 0 Å². The lowest BCUT2D eigenvalue weighted by Crippen LogP contribution is -2.47. The van der Waals surface area contributed by atoms with Crippen molar-refractivity contribution in [2.24, 2.45) is 0 Å². The molecule has 8 nitrogen and oxygen atoms in total. The van der Waals surface area contributed by atoms with Crippen LogP contribution in [0.2, 0.25) is 0 Å². The molecular weight excluding hydrogens is 256 g/mol. The van der Waals surface area contributed by atoms with Gasteiger partial charge in [0.05, 0.1) is 19.1 Å². The Kier molecular flexibility index (Phi) is 8.27. The molecule has 0 fully saturated rings. The molecule has 8 heteroatoms. The van der Waals surface area contributed by atoms with Crippen LogP contribution >= 0.6 is 0 Å². The van der Waals surface area contributed by atoms with Gasteiger partial charge in [-0.3, -0.25) is 4.79 Å². The van der Waals surface area contributed by atoms with Crippen LogP contribution in [0.15, 0.2) is 0 Å². The van der Waals surface area contributed by atoms with Crippen molar-refractivity contribution in [3.63, 3.8) is 0 Å². The number of carboxylic acids is 1. The molecule has 2 unspecified atom stereocenters. The first-order chi connectivity index (χ1) is 8.90. The molecule has 0 aromatic carbocycles. The van der Waals surface area contributed by atoms with E-state index in [-0.39, 0.29) is 19.6 Å². The molecule has 2 amide bonds. The third-order valence-electron chi connectivity index (χ3n) is 2.21. The topological polar surface area (TPSA) is 114 Å². The summed E-state index contributed by atoms with van der Waals surface area (Å²) in [6.45, 7) is 3.42. The summed E-state index contributed by atoms with van der Waals surface area (Å²) in [6, 6.07) is -1.37. The summed E-state index contributed by atoms with van der Waals surface area (Å²) < 4.78 is 9.61. The highest BCUT2D eigenvalue weighted by Crippen LogP contribution is 1.95. The molecule has 2 atom stereocenters. The van der Waals surface area contributed by atoms with Crippen molar-refractivity contribution in [1.29, 1.82) is 0 Å². The van der Waals surface area contributed by atoms with Gasteiger partial charge in [0.1, 0.15) is 6.04 Å². The fraction of sp³-hybridized carbons (Fsp3) is 0.727. The van der Waals surface area contributed by atoms with Crippen LogP contribution in [0.4, 0.5) is 4.79 Å². The van der Waals surface area contributed by atoms with Crippen LogP contribution in [0.25, 0.3) is 0 Å². The van der Waals surface area contributed by atoms with Gasteiger partial charge in [0.25, 0.3) is 0 Å². The summed E-state index contributed by atoms with van der Waals surface area (Å²) in [6.07, 6.45) is -0.842. The Bertz CT molecular complexity index is 320. The zero-order chi connectivity index (χ0) is 14.8. The molecule has 0 radical (unpaired) electrons. The number of carbonyl (C=O) groups is 3. The summed E-state index contributed by atoms with van der Waals surface area (Å²) in [5.74, 6) is -1.56. The second kappa shape index (κ2) is 9.15. The maximum atomic E-state index is 11.4. The van der Waals surface area contributed by atoms with E-state index in [1.807, 2.05) is 0 Å². The molecule has 0 aromatic rings. The first-order valence-corrected chi connectivity index (χ1v) is 5.86. The van der Waals surface area contributed by atoms with E-state index in [0.717, 1.165) is 0 Å². The maximum Gasteiger partial charge on any atom is 0.328 e. The molecule has 0 rings (SSSR count). The SMILES string of the molecule is CCOC(=O)C(C)NC(=O)NCC(CC(=O)O)OC. The second-order valence-corrected chi connectivity index (χ2v) is 3.78. The number of hydrogen-bond acceptors (Lipinski definition) is 5. The Hall–Kier alpha value is -1.83. The Balaban J connectivity index is 4.03. The van der Waals surface area contributed by atoms with Crippen LogP contribution in [0.5, 0.6) is 0 Å². The standard InChI is InChI=1S/C11H20N2O6/c1-4-19-10(16)7(2)13-11(17)12-6-8(18-3)5-9(14)15/h7-8H,4-6H2,1-3H3,(H,14,15)(H2,12,13,17). The number of carboxylic acid groups (broad SMARTS) is 1. The maximum absolute atomic E-state index is 11.4. The minimum atomic E-state index is -1.02. The minimum absolute atomic E-state index is 0.0319. The number of esters is 1. The fourth-order valence-corrected chi connectivity index (χ4v) is 1.21. The predicted octanol–water partition coefficient (Wildman–Crippen LogP) is -0.273. The van der Waals surface area contributed by atoms with E-state index in [2.05, 4.69) is 10.6 Å². The van der Waals surface area contributed by atoms with Crippen LogP contribution in [0.3, 0.4) is 0 Å². The molecule has 3 N–H and O–H groups in total. The average Bonchev–Trinajstić information content (AvgIpc) is 2.34. The van der Waals surface area contributed by atoms with Crippen LogP contribution < -0.4 is 10.6 Å². The van der Waals surface area contributed by atoms with Gasteiger partial charge in [0, 0.05) is 13.7 Å². The summed E-state index contributed by atoms with van der Waals surface area (Å²) >= 11 is 0. The Morgan fingerprint density at radius 1 is 1.32 bits per heavy atom. The highest BCUT2D eigenvalue weighted by molar-refractivity contribution is 5.83. The Labute approximate surface area is 111 Å². The molecule has 19 heavy (non-hydrogen) atoms. The van der Waals surface area contributed by atoms with Gasteiger partial charge in [-0.25, -0.2) is 9.59 Å². The third-order valence-corrected chi connectivity index (χ3v) is 2.21. The van der Waals surface area contributed by atoms with Crippen molar-refractivity contribution >= 4 is 18.0 Å². The van der Waals surface area contributed by atoms with Crippen LogP contribution in [-0.4, -0.2) is 55.5 Å². The van der Waals surface area contributed by atoms with E-state index >= 15 is 0 Å². The van der Waals surface area contributed by atoms with Gasteiger partial charge in [0.2, 0.25) is 0 Å². The molecule has 0 aromatic heterocycles. The van der Waals surface area contributed by atoms with Gasteiger partial charge >= 0.3 is 18.0 Å². The third kappa shape index (κ3) is 7.98. The van der Waals surface area contributed by atoms with Gasteiger partial charge < -0.3 is 25.2 Å². The summed E-state index contributed by atoms with van der Waals surface area (Å²) in [7, 11) is 1.36. The molecule has 0 saturated carbocycles. The molecule has 0 aliphatic carbocycles. The smallest absolute Gasteiger partial charge is 0.328 e. The molecule has 0 spiro atoms. The first-order valence-electron chi connectivity index (χ1n) is 5.86. The largest absolute Gasteiger partial charge is 0.481 e. The summed E-state index contributed by atoms with van der Waals surface area (Å²) in [5.41, 5.74) is 0. The van der Waals surface area contributed by atoms with Gasteiger partial charge in [-0.05, 0) is 13.8 Å². The van der Waals surface area contributed by atoms with E-state index in [1.165, 1.54) is 14.0 Å². The van der Waals surface area contributed by atoms with Crippen molar-refractivity contribution in [3.05, 3.63) is 0 Å². The highest BCUT2D eigenvalue weighted by atomic mass is 16.5. The monoisotopic (exact) mass is 276 g/mol. The van der Waals surface area contributed by atoms with E-state index < -0.39 is 30.1 Å². The van der Waals surface area contributed by atoms with E-state index in [1.54, 1.807) is 6.92 Å². The van der Waals surface area contributed by atoms with Crippen molar-refractivity contribution in [2.45, 2.75) is 32.4 Å². The van der Waals surface area contributed by atoms with Gasteiger partial charge in [-0.15, -0.1) is 0 Å². The number of ether oxygens (including phenoxy) is 2. The van der Waals surface area contributed by atoms with Gasteiger partial charge in [-0.2, -0.15) is 0 Å². The van der Waals surface area contributed by atoms with E-state index in [9.17, 15) is 14.4 Å². The second-order valence-electron chi connectivity index (χ2n) is 3.78. The summed E-state index contributed by atoms with van der Waals surface area (Å²) in [5, 5.41) is 13.4. The number of amides is 2. The molecule has 0 aliphatic rings. The van der Waals surface area contributed by atoms with Crippen molar-refractivity contribution in [1.82, 2.24) is 10.6 Å². The van der Waals surface area contributed by atoms with Crippen LogP contribution in [0.1, 0.15) is 20.3 Å². The average molecular weight is 276 g/mol. The van der Waals surface area contributed by atoms with E-state index in [4.69, 9.17) is 14.6 Å². The van der Waals surface area contributed by atoms with Gasteiger partial charge in [-0.1, -0.05) is 0 Å². The molecule has 0 heterocycles. The number of carbonyl (C=O) groups excluding carboxylic acids is 2. The zero-order valence-corrected chi connectivity index (χ0v) is 11.3. The normalized spacial score (nSPS) is 13.2. The molecule has 0 aliphatic heterocycles. The predicted molar refractivity (Wildman–Crippen MR) is 65.7 cm³/mol. The van der Waals surface area contributed by atoms with Crippen LogP contribution in [-0.2, 0) is 19.1 Å². The lowest BCUT2D eigenvalue weighted by molar-refractivity contribution is -0.144. The molecular formula is C11H20N2O6. The summed E-state index contributed by atoms with van der Waals surface area (Å²) in [4.78, 5) is 33.2. The van der Waals surface area contributed by atoms with Gasteiger partial charge in [0.15, 0.2) is 0 Å².